The lowest BCUT2D eigenvalue weighted by atomic mass is 9.92. The summed E-state index contributed by atoms with van der Waals surface area (Å²) in [6, 6.07) is 0.319. The van der Waals surface area contributed by atoms with Crippen LogP contribution in [0, 0.1) is 0 Å². The Morgan fingerprint density at radius 2 is 1.58 bits per heavy atom. The maximum Gasteiger partial charge on any atom is 0.248 e. The number of hydrogen-bond donors (Lipinski definition) is 1. The third-order valence-corrected chi connectivity index (χ3v) is 2.13. The van der Waals surface area contributed by atoms with E-state index in [1.54, 1.807) is 0 Å². The van der Waals surface area contributed by atoms with Gasteiger partial charge in [0.2, 0.25) is 5.92 Å². The van der Waals surface area contributed by atoms with Crippen LogP contribution in [0.2, 0.25) is 0 Å². The van der Waals surface area contributed by atoms with Crippen LogP contribution in [0.1, 0.15) is 39.5 Å². The predicted octanol–water partition coefficient (Wildman–Crippen LogP) is 2.81. The molecule has 1 saturated carbocycles. The SMILES string of the molecule is CC.CNC1CCC(F)(F)CC1. The number of halogens is 2. The zero-order valence-electron chi connectivity index (χ0n) is 8.16. The van der Waals surface area contributed by atoms with Crippen LogP contribution in [-0.2, 0) is 0 Å². The monoisotopic (exact) mass is 179 g/mol. The van der Waals surface area contributed by atoms with E-state index in [0.717, 1.165) is 0 Å². The van der Waals surface area contributed by atoms with Gasteiger partial charge in [-0.3, -0.25) is 0 Å². The van der Waals surface area contributed by atoms with Crippen LogP contribution < -0.4 is 5.32 Å². The van der Waals surface area contributed by atoms with Gasteiger partial charge in [0.1, 0.15) is 0 Å². The zero-order chi connectivity index (χ0) is 9.61. The van der Waals surface area contributed by atoms with Crippen LogP contribution in [-0.4, -0.2) is 19.0 Å². The molecule has 0 amide bonds. The summed E-state index contributed by atoms with van der Waals surface area (Å²) in [6.45, 7) is 4.00. The molecule has 1 N–H and O–H groups in total. The molecule has 74 valence electrons. The average Bonchev–Trinajstić information content (AvgIpc) is 2.08. The minimum absolute atomic E-state index is 0.0541. The lowest BCUT2D eigenvalue weighted by molar-refractivity contribution is -0.0398. The van der Waals surface area contributed by atoms with Crippen molar-refractivity contribution in [2.75, 3.05) is 7.05 Å². The highest BCUT2D eigenvalue weighted by molar-refractivity contribution is 4.80. The van der Waals surface area contributed by atoms with Crippen molar-refractivity contribution in [3.05, 3.63) is 0 Å². The number of alkyl halides is 2. The molecule has 0 aliphatic heterocycles. The van der Waals surface area contributed by atoms with Crippen LogP contribution in [0.3, 0.4) is 0 Å². The normalized spacial score (nSPS) is 22.8. The Kier molecular flexibility index (Phi) is 5.38. The van der Waals surface area contributed by atoms with E-state index < -0.39 is 5.92 Å². The molecule has 0 radical (unpaired) electrons. The molecule has 12 heavy (non-hydrogen) atoms. The summed E-state index contributed by atoms with van der Waals surface area (Å²) in [6.07, 6.45) is 1.34. The van der Waals surface area contributed by atoms with E-state index in [-0.39, 0.29) is 12.8 Å². The fraction of sp³-hybridized carbons (Fsp3) is 1.00. The number of hydrogen-bond acceptors (Lipinski definition) is 1. The van der Waals surface area contributed by atoms with E-state index in [9.17, 15) is 8.78 Å². The first kappa shape index (κ1) is 11.8. The van der Waals surface area contributed by atoms with Crippen molar-refractivity contribution in [3.8, 4) is 0 Å². The molecule has 0 saturated heterocycles. The summed E-state index contributed by atoms with van der Waals surface area (Å²) in [4.78, 5) is 0. The van der Waals surface area contributed by atoms with E-state index in [4.69, 9.17) is 0 Å². The minimum atomic E-state index is -2.38. The molecular formula is C9H19F2N. The summed E-state index contributed by atoms with van der Waals surface area (Å²) in [5, 5.41) is 3.01. The molecule has 1 aliphatic carbocycles. The molecule has 0 spiro atoms. The zero-order valence-corrected chi connectivity index (χ0v) is 8.16. The first-order valence-electron chi connectivity index (χ1n) is 4.69. The van der Waals surface area contributed by atoms with E-state index in [1.807, 2.05) is 20.9 Å². The van der Waals surface area contributed by atoms with Gasteiger partial charge in [0.25, 0.3) is 0 Å². The van der Waals surface area contributed by atoms with Gasteiger partial charge >= 0.3 is 0 Å². The van der Waals surface area contributed by atoms with Gasteiger partial charge in [-0.2, -0.15) is 0 Å². The van der Waals surface area contributed by atoms with Gasteiger partial charge in [0.05, 0.1) is 0 Å². The van der Waals surface area contributed by atoms with Crippen LogP contribution in [0.15, 0.2) is 0 Å². The summed E-state index contributed by atoms with van der Waals surface area (Å²) >= 11 is 0. The van der Waals surface area contributed by atoms with Crippen molar-refractivity contribution in [1.29, 1.82) is 0 Å². The summed E-state index contributed by atoms with van der Waals surface area (Å²) in [7, 11) is 1.83. The molecule has 3 heteroatoms. The highest BCUT2D eigenvalue weighted by atomic mass is 19.3. The molecule has 0 bridgehead atoms. The first-order valence-corrected chi connectivity index (χ1v) is 4.69. The molecule has 0 atom stereocenters. The fourth-order valence-electron chi connectivity index (χ4n) is 1.33. The van der Waals surface area contributed by atoms with Crippen LogP contribution in [0.4, 0.5) is 8.78 Å². The summed E-state index contributed by atoms with van der Waals surface area (Å²) in [5.41, 5.74) is 0. The average molecular weight is 179 g/mol. The van der Waals surface area contributed by atoms with E-state index in [1.165, 1.54) is 0 Å². The third kappa shape index (κ3) is 4.00. The Morgan fingerprint density at radius 1 is 1.17 bits per heavy atom. The standard InChI is InChI=1S/C7H13F2N.C2H6/c1-10-6-2-4-7(8,9)5-3-6;1-2/h6,10H,2-5H2,1H3;1-2H3. The first-order chi connectivity index (χ1) is 5.64. The highest BCUT2D eigenvalue weighted by Crippen LogP contribution is 2.32. The van der Waals surface area contributed by atoms with Crippen molar-refractivity contribution >= 4 is 0 Å². The molecule has 1 fully saturated rings. The predicted molar refractivity (Wildman–Crippen MR) is 47.6 cm³/mol. The second-order valence-electron chi connectivity index (χ2n) is 2.92. The lowest BCUT2D eigenvalue weighted by Crippen LogP contribution is -2.34. The Bertz CT molecular complexity index is 105. The Morgan fingerprint density at radius 3 is 1.92 bits per heavy atom. The summed E-state index contributed by atoms with van der Waals surface area (Å²) in [5.74, 6) is -2.38. The van der Waals surface area contributed by atoms with E-state index in [2.05, 4.69) is 5.32 Å². The Balaban J connectivity index is 0.000000561. The minimum Gasteiger partial charge on any atom is -0.317 e. The van der Waals surface area contributed by atoms with Crippen LogP contribution in [0.5, 0.6) is 0 Å². The smallest absolute Gasteiger partial charge is 0.248 e. The molecule has 0 aromatic heterocycles. The van der Waals surface area contributed by atoms with Crippen molar-refractivity contribution in [1.82, 2.24) is 5.32 Å². The van der Waals surface area contributed by atoms with Gasteiger partial charge in [0.15, 0.2) is 0 Å². The number of rotatable bonds is 1. The van der Waals surface area contributed by atoms with Crippen molar-refractivity contribution in [2.24, 2.45) is 0 Å². The van der Waals surface area contributed by atoms with Gasteiger partial charge in [-0.25, -0.2) is 8.78 Å². The summed E-state index contributed by atoms with van der Waals surface area (Å²) < 4.78 is 25.0. The topological polar surface area (TPSA) is 12.0 Å². The largest absolute Gasteiger partial charge is 0.317 e. The number of nitrogens with one attached hydrogen (secondary N) is 1. The van der Waals surface area contributed by atoms with Gasteiger partial charge in [-0.1, -0.05) is 13.8 Å². The molecule has 0 heterocycles. The Labute approximate surface area is 73.5 Å². The Hall–Kier alpha value is -0.180. The van der Waals surface area contributed by atoms with Crippen molar-refractivity contribution in [2.45, 2.75) is 51.5 Å². The van der Waals surface area contributed by atoms with Crippen molar-refractivity contribution in [3.63, 3.8) is 0 Å². The third-order valence-electron chi connectivity index (χ3n) is 2.13. The maximum absolute atomic E-state index is 12.5. The second kappa shape index (κ2) is 5.46. The molecule has 1 aliphatic rings. The second-order valence-corrected chi connectivity index (χ2v) is 2.92. The molecule has 1 nitrogen and oxygen atoms in total. The maximum atomic E-state index is 12.5. The van der Waals surface area contributed by atoms with Crippen LogP contribution in [0.25, 0.3) is 0 Å². The fourth-order valence-corrected chi connectivity index (χ4v) is 1.33. The van der Waals surface area contributed by atoms with E-state index >= 15 is 0 Å². The lowest BCUT2D eigenvalue weighted by Gasteiger charge is -2.27. The van der Waals surface area contributed by atoms with Crippen molar-refractivity contribution < 1.29 is 8.78 Å². The molecular weight excluding hydrogens is 160 g/mol. The molecule has 0 aromatic rings. The molecule has 0 unspecified atom stereocenters. The quantitative estimate of drug-likeness (QED) is 0.652. The van der Waals surface area contributed by atoms with E-state index in [0.29, 0.717) is 18.9 Å². The van der Waals surface area contributed by atoms with Gasteiger partial charge < -0.3 is 5.32 Å². The highest BCUT2D eigenvalue weighted by Gasteiger charge is 2.34. The van der Waals surface area contributed by atoms with Gasteiger partial charge in [-0.05, 0) is 19.9 Å². The van der Waals surface area contributed by atoms with Gasteiger partial charge in [0, 0.05) is 18.9 Å². The van der Waals surface area contributed by atoms with Gasteiger partial charge in [-0.15, -0.1) is 0 Å². The molecule has 1 rings (SSSR count). The molecule has 0 aromatic carbocycles. The van der Waals surface area contributed by atoms with Crippen LogP contribution >= 0.6 is 0 Å².